The van der Waals surface area contributed by atoms with Gasteiger partial charge in [0.1, 0.15) is 12.6 Å². The molecule has 0 radical (unpaired) electrons. The number of amides is 2. The van der Waals surface area contributed by atoms with Gasteiger partial charge in [0.25, 0.3) is 0 Å². The number of anilines is 1. The average molecular weight is 682 g/mol. The van der Waals surface area contributed by atoms with Gasteiger partial charge < -0.3 is 10.2 Å². The molecule has 0 unspecified atom stereocenters. The fraction of sp³-hybridized carbons (Fsp3) is 0.310. The molecule has 0 fully saturated rings. The Morgan fingerprint density at radius 2 is 1.59 bits per heavy atom. The number of sulfonamides is 1. The van der Waals surface area contributed by atoms with Crippen LogP contribution in [0, 0.1) is 9.49 Å². The van der Waals surface area contributed by atoms with Crippen molar-refractivity contribution in [2.24, 2.45) is 5.92 Å². The molecule has 2 amide bonds. The van der Waals surface area contributed by atoms with Crippen molar-refractivity contribution in [3.8, 4) is 0 Å². The first kappa shape index (κ1) is 30.9. The van der Waals surface area contributed by atoms with Crippen LogP contribution in [0.5, 0.6) is 0 Å². The largest absolute Gasteiger partial charge is 0.354 e. The number of nitrogens with one attached hydrogen (secondary N) is 1. The van der Waals surface area contributed by atoms with E-state index in [-0.39, 0.29) is 24.8 Å². The Hall–Kier alpha value is -2.63. The van der Waals surface area contributed by atoms with Gasteiger partial charge in [-0.05, 0) is 76.0 Å². The van der Waals surface area contributed by atoms with Crippen molar-refractivity contribution < 1.29 is 18.0 Å². The summed E-state index contributed by atoms with van der Waals surface area (Å²) in [6.45, 7) is 4.05. The van der Waals surface area contributed by atoms with Crippen LogP contribution in [0.25, 0.3) is 0 Å². The lowest BCUT2D eigenvalue weighted by Gasteiger charge is -2.33. The van der Waals surface area contributed by atoms with Gasteiger partial charge in [-0.25, -0.2) is 8.42 Å². The molecule has 39 heavy (non-hydrogen) atoms. The van der Waals surface area contributed by atoms with Crippen LogP contribution < -0.4 is 9.62 Å². The lowest BCUT2D eigenvalue weighted by Crippen LogP contribution is -2.53. The molecule has 0 heterocycles. The Morgan fingerprint density at radius 1 is 0.949 bits per heavy atom. The number of benzene rings is 3. The molecule has 10 heteroatoms. The van der Waals surface area contributed by atoms with E-state index in [1.54, 1.807) is 42.5 Å². The predicted octanol–water partition coefficient (Wildman–Crippen LogP) is 5.12. The van der Waals surface area contributed by atoms with Gasteiger partial charge >= 0.3 is 0 Å². The maximum absolute atomic E-state index is 14.0. The van der Waals surface area contributed by atoms with Crippen molar-refractivity contribution in [2.45, 2.75) is 32.9 Å². The van der Waals surface area contributed by atoms with Crippen molar-refractivity contribution in [2.75, 3.05) is 23.7 Å². The van der Waals surface area contributed by atoms with E-state index in [1.807, 2.05) is 50.2 Å². The summed E-state index contributed by atoms with van der Waals surface area (Å²) in [7, 11) is -3.80. The molecular formula is C29H33ClIN3O4S. The first-order valence-electron chi connectivity index (χ1n) is 12.5. The molecule has 3 rings (SSSR count). The molecular weight excluding hydrogens is 649 g/mol. The van der Waals surface area contributed by atoms with E-state index >= 15 is 0 Å². The first-order chi connectivity index (χ1) is 18.4. The number of carbonyl (C=O) groups is 2. The second-order valence-corrected chi connectivity index (χ2v) is 13.3. The van der Waals surface area contributed by atoms with Gasteiger partial charge in [-0.15, -0.1) is 0 Å². The Labute approximate surface area is 249 Å². The summed E-state index contributed by atoms with van der Waals surface area (Å²) in [5.74, 6) is -0.590. The van der Waals surface area contributed by atoms with Crippen LogP contribution in [0.1, 0.15) is 25.0 Å². The highest BCUT2D eigenvalue weighted by molar-refractivity contribution is 14.1. The predicted molar refractivity (Wildman–Crippen MR) is 165 cm³/mol. The third kappa shape index (κ3) is 9.51. The molecule has 0 aliphatic carbocycles. The molecule has 0 aromatic heterocycles. The van der Waals surface area contributed by atoms with Gasteiger partial charge in [0.2, 0.25) is 21.8 Å². The Morgan fingerprint density at radius 3 is 2.18 bits per heavy atom. The van der Waals surface area contributed by atoms with Gasteiger partial charge in [-0.3, -0.25) is 13.9 Å². The summed E-state index contributed by atoms with van der Waals surface area (Å²) in [4.78, 5) is 29.0. The second-order valence-electron chi connectivity index (χ2n) is 9.74. The molecule has 3 aromatic carbocycles. The lowest BCUT2D eigenvalue weighted by atomic mass is 10.0. The fourth-order valence-electron chi connectivity index (χ4n) is 4.03. The van der Waals surface area contributed by atoms with Crippen molar-refractivity contribution in [3.63, 3.8) is 0 Å². The molecule has 208 valence electrons. The van der Waals surface area contributed by atoms with Crippen molar-refractivity contribution in [1.29, 1.82) is 0 Å². The Kier molecular flexibility index (Phi) is 11.2. The number of hydrogen-bond acceptors (Lipinski definition) is 4. The monoisotopic (exact) mass is 681 g/mol. The lowest BCUT2D eigenvalue weighted by molar-refractivity contribution is -0.140. The number of rotatable bonds is 12. The third-order valence-corrected chi connectivity index (χ3v) is 8.09. The molecule has 0 aliphatic rings. The van der Waals surface area contributed by atoms with E-state index in [0.29, 0.717) is 17.3 Å². The average Bonchev–Trinajstić information content (AvgIpc) is 2.88. The molecule has 0 aliphatic heterocycles. The summed E-state index contributed by atoms with van der Waals surface area (Å²) in [6, 6.07) is 22.5. The van der Waals surface area contributed by atoms with E-state index in [2.05, 4.69) is 27.9 Å². The van der Waals surface area contributed by atoms with Gasteiger partial charge in [-0.1, -0.05) is 67.9 Å². The van der Waals surface area contributed by atoms with E-state index < -0.39 is 28.5 Å². The zero-order valence-electron chi connectivity index (χ0n) is 22.2. The Balaban J connectivity index is 2.04. The minimum absolute atomic E-state index is 0.0796. The van der Waals surface area contributed by atoms with Gasteiger partial charge in [0.15, 0.2) is 0 Å². The highest BCUT2D eigenvalue weighted by Gasteiger charge is 2.33. The Bertz CT molecular complexity index is 1370. The molecule has 1 atom stereocenters. The minimum Gasteiger partial charge on any atom is -0.354 e. The van der Waals surface area contributed by atoms with Crippen molar-refractivity contribution in [1.82, 2.24) is 10.2 Å². The zero-order chi connectivity index (χ0) is 28.6. The SMILES string of the molecule is CC(C)CNC(=O)[C@@H](Cc1ccccc1)N(Cc1cccc(Cl)c1)C(=O)CN(c1ccc(I)cc1)S(C)(=O)=O. The quantitative estimate of drug-likeness (QED) is 0.269. The molecule has 0 spiro atoms. The first-order valence-corrected chi connectivity index (χ1v) is 15.8. The van der Waals surface area contributed by atoms with Gasteiger partial charge in [-0.2, -0.15) is 0 Å². The number of nitrogens with zero attached hydrogens (tertiary/aromatic N) is 2. The summed E-state index contributed by atoms with van der Waals surface area (Å²) in [5, 5.41) is 3.47. The van der Waals surface area contributed by atoms with Gasteiger partial charge in [0, 0.05) is 28.1 Å². The van der Waals surface area contributed by atoms with E-state index in [4.69, 9.17) is 11.6 Å². The molecule has 0 bridgehead atoms. The minimum atomic E-state index is -3.80. The van der Waals surface area contributed by atoms with Crippen LogP contribution in [0.3, 0.4) is 0 Å². The van der Waals surface area contributed by atoms with Crippen LogP contribution in [0.4, 0.5) is 5.69 Å². The normalized spacial score (nSPS) is 12.2. The molecule has 0 saturated heterocycles. The molecule has 3 aromatic rings. The van der Waals surface area contributed by atoms with Crippen LogP contribution in [0.15, 0.2) is 78.9 Å². The highest BCUT2D eigenvalue weighted by Crippen LogP contribution is 2.22. The van der Waals surface area contributed by atoms with E-state index in [1.165, 1.54) is 4.90 Å². The fourth-order valence-corrected chi connectivity index (χ4v) is 5.45. The summed E-state index contributed by atoms with van der Waals surface area (Å²) in [5.41, 5.74) is 1.98. The van der Waals surface area contributed by atoms with E-state index in [0.717, 1.165) is 25.3 Å². The highest BCUT2D eigenvalue weighted by atomic mass is 127. The summed E-state index contributed by atoms with van der Waals surface area (Å²) >= 11 is 8.36. The number of carbonyl (C=O) groups excluding carboxylic acids is 2. The van der Waals surface area contributed by atoms with Crippen LogP contribution >= 0.6 is 34.2 Å². The van der Waals surface area contributed by atoms with Gasteiger partial charge in [0.05, 0.1) is 11.9 Å². The zero-order valence-corrected chi connectivity index (χ0v) is 25.9. The number of halogens is 2. The summed E-state index contributed by atoms with van der Waals surface area (Å²) in [6.07, 6.45) is 1.33. The topological polar surface area (TPSA) is 86.8 Å². The summed E-state index contributed by atoms with van der Waals surface area (Å²) < 4.78 is 27.6. The van der Waals surface area contributed by atoms with Crippen LogP contribution in [-0.4, -0.2) is 50.5 Å². The standard InChI is InChI=1S/C29H33ClIN3O4S/c1-21(2)18-32-29(36)27(17-22-8-5-4-6-9-22)33(19-23-10-7-11-24(30)16-23)28(35)20-34(39(3,37)38)26-14-12-25(31)13-15-26/h4-16,21,27H,17-20H2,1-3H3,(H,32,36)/t27-/m1/s1. The third-order valence-electron chi connectivity index (χ3n) is 5.99. The smallest absolute Gasteiger partial charge is 0.244 e. The van der Waals surface area contributed by atoms with Crippen molar-refractivity contribution >= 4 is 61.7 Å². The number of hydrogen-bond donors (Lipinski definition) is 1. The molecule has 0 saturated carbocycles. The van der Waals surface area contributed by atoms with E-state index in [9.17, 15) is 18.0 Å². The maximum atomic E-state index is 14.0. The molecule has 7 nitrogen and oxygen atoms in total. The van der Waals surface area contributed by atoms with Crippen LogP contribution in [-0.2, 0) is 32.6 Å². The van der Waals surface area contributed by atoms with Crippen molar-refractivity contribution in [3.05, 3.63) is 98.6 Å². The van der Waals surface area contributed by atoms with Crippen LogP contribution in [0.2, 0.25) is 5.02 Å². The molecule has 1 N–H and O–H groups in total. The second kappa shape index (κ2) is 14.1. The maximum Gasteiger partial charge on any atom is 0.244 e.